The fraction of sp³-hybridized carbons (Fsp3) is 0.467. The van der Waals surface area contributed by atoms with Gasteiger partial charge in [0.1, 0.15) is 11.9 Å². The highest BCUT2D eigenvalue weighted by molar-refractivity contribution is 5.65. The number of hydrogen-bond acceptors (Lipinski definition) is 8. The SMILES string of the molecule is COCC1C(OC2Cc3ccc(-c4ccnc(-c5ccc(OC)cc5)n4)cc3C2)OC(C)C(OC)C1OC. The second-order valence-corrected chi connectivity index (χ2v) is 9.87. The number of nitrogens with zero attached hydrogens (tertiary/aromatic N) is 2. The summed E-state index contributed by atoms with van der Waals surface area (Å²) in [6.45, 7) is 2.46. The molecule has 2 aromatic carbocycles. The van der Waals surface area contributed by atoms with Crippen molar-refractivity contribution in [3.05, 3.63) is 65.9 Å². The molecule has 202 valence electrons. The maximum Gasteiger partial charge on any atom is 0.166 e. The van der Waals surface area contributed by atoms with Crippen molar-refractivity contribution in [2.24, 2.45) is 5.92 Å². The number of ether oxygens (including phenoxy) is 6. The van der Waals surface area contributed by atoms with E-state index in [0.717, 1.165) is 35.4 Å². The summed E-state index contributed by atoms with van der Waals surface area (Å²) in [6, 6.07) is 16.2. The molecule has 0 saturated carbocycles. The Balaban J connectivity index is 1.31. The lowest BCUT2D eigenvalue weighted by Crippen LogP contribution is -2.57. The summed E-state index contributed by atoms with van der Waals surface area (Å²) in [5.74, 6) is 1.39. The van der Waals surface area contributed by atoms with Crippen molar-refractivity contribution in [2.75, 3.05) is 35.0 Å². The summed E-state index contributed by atoms with van der Waals surface area (Å²) < 4.78 is 35.1. The van der Waals surface area contributed by atoms with Crippen molar-refractivity contribution in [1.29, 1.82) is 0 Å². The first-order valence-corrected chi connectivity index (χ1v) is 13.0. The molecule has 8 nitrogen and oxygen atoms in total. The van der Waals surface area contributed by atoms with E-state index in [1.807, 2.05) is 37.3 Å². The minimum absolute atomic E-state index is 0.00802. The molecule has 2 heterocycles. The second-order valence-electron chi connectivity index (χ2n) is 9.87. The van der Waals surface area contributed by atoms with E-state index < -0.39 is 6.29 Å². The summed E-state index contributed by atoms with van der Waals surface area (Å²) in [5, 5.41) is 0. The highest BCUT2D eigenvalue weighted by atomic mass is 16.7. The van der Waals surface area contributed by atoms with E-state index in [2.05, 4.69) is 23.2 Å². The minimum Gasteiger partial charge on any atom is -0.497 e. The normalized spacial score (nSPS) is 26.8. The molecular weight excluding hydrogens is 484 g/mol. The van der Waals surface area contributed by atoms with Crippen LogP contribution in [0.3, 0.4) is 0 Å². The lowest BCUT2D eigenvalue weighted by Gasteiger charge is -2.44. The number of aromatic nitrogens is 2. The summed E-state index contributed by atoms with van der Waals surface area (Å²) >= 11 is 0. The Morgan fingerprint density at radius 1 is 0.868 bits per heavy atom. The lowest BCUT2D eigenvalue weighted by atomic mass is 9.91. The molecule has 1 fully saturated rings. The van der Waals surface area contributed by atoms with Gasteiger partial charge >= 0.3 is 0 Å². The van der Waals surface area contributed by atoms with Crippen LogP contribution >= 0.6 is 0 Å². The van der Waals surface area contributed by atoms with E-state index in [-0.39, 0.29) is 30.3 Å². The largest absolute Gasteiger partial charge is 0.497 e. The first-order chi connectivity index (χ1) is 18.5. The predicted molar refractivity (Wildman–Crippen MR) is 143 cm³/mol. The molecule has 6 unspecified atom stereocenters. The van der Waals surface area contributed by atoms with E-state index in [1.54, 1.807) is 34.6 Å². The van der Waals surface area contributed by atoms with Gasteiger partial charge in [0.2, 0.25) is 0 Å². The van der Waals surface area contributed by atoms with Crippen molar-refractivity contribution in [3.8, 4) is 28.4 Å². The van der Waals surface area contributed by atoms with Gasteiger partial charge in [-0.25, -0.2) is 9.97 Å². The van der Waals surface area contributed by atoms with Crippen LogP contribution in [0, 0.1) is 5.92 Å². The Kier molecular flexibility index (Phi) is 8.35. The third-order valence-corrected chi connectivity index (χ3v) is 7.54. The van der Waals surface area contributed by atoms with Gasteiger partial charge in [-0.2, -0.15) is 0 Å². The molecule has 5 rings (SSSR count). The molecule has 1 saturated heterocycles. The molecule has 0 bridgehead atoms. The fourth-order valence-electron chi connectivity index (χ4n) is 5.61. The highest BCUT2D eigenvalue weighted by Crippen LogP contribution is 2.35. The van der Waals surface area contributed by atoms with Gasteiger partial charge < -0.3 is 28.4 Å². The number of fused-ring (bicyclic) bond motifs is 1. The van der Waals surface area contributed by atoms with Crippen molar-refractivity contribution >= 4 is 0 Å². The number of rotatable bonds is 9. The number of hydrogen-bond donors (Lipinski definition) is 0. The van der Waals surface area contributed by atoms with E-state index in [9.17, 15) is 0 Å². The van der Waals surface area contributed by atoms with Crippen LogP contribution in [0.15, 0.2) is 54.7 Å². The summed E-state index contributed by atoms with van der Waals surface area (Å²) in [4.78, 5) is 9.31. The predicted octanol–water partition coefficient (Wildman–Crippen LogP) is 4.34. The standard InChI is InChI=1S/C30H36N2O6/c1-18-27(35-4)28(36-5)25(17-33-2)30(37-18)38-24-15-20-6-7-21(14-22(20)16-24)26-12-13-31-29(32-26)19-8-10-23(34-3)11-9-19/h6-14,18,24-25,27-28,30H,15-17H2,1-5H3. The topological polar surface area (TPSA) is 81.2 Å². The summed E-state index contributed by atoms with van der Waals surface area (Å²) in [6.07, 6.45) is 2.49. The van der Waals surface area contributed by atoms with Crippen LogP contribution in [0.25, 0.3) is 22.6 Å². The van der Waals surface area contributed by atoms with Gasteiger partial charge in [-0.1, -0.05) is 12.1 Å². The maximum atomic E-state index is 6.56. The third-order valence-electron chi connectivity index (χ3n) is 7.54. The fourth-order valence-corrected chi connectivity index (χ4v) is 5.61. The Hall–Kier alpha value is -2.88. The Morgan fingerprint density at radius 2 is 1.61 bits per heavy atom. The van der Waals surface area contributed by atoms with Crippen LogP contribution in [0.4, 0.5) is 0 Å². The molecule has 1 aliphatic carbocycles. The molecule has 6 atom stereocenters. The molecular formula is C30H36N2O6. The molecule has 38 heavy (non-hydrogen) atoms. The quantitative estimate of drug-likeness (QED) is 0.412. The molecule has 0 N–H and O–H groups in total. The molecule has 3 aromatic rings. The molecule has 0 spiro atoms. The van der Waals surface area contributed by atoms with Gasteiger partial charge in [0.15, 0.2) is 12.1 Å². The molecule has 1 aliphatic heterocycles. The molecule has 0 amide bonds. The van der Waals surface area contributed by atoms with Crippen LogP contribution in [-0.4, -0.2) is 75.7 Å². The first-order valence-electron chi connectivity index (χ1n) is 13.0. The van der Waals surface area contributed by atoms with E-state index >= 15 is 0 Å². The third kappa shape index (κ3) is 5.46. The molecule has 8 heteroatoms. The lowest BCUT2D eigenvalue weighted by molar-refractivity contribution is -0.300. The van der Waals surface area contributed by atoms with Crippen molar-refractivity contribution < 1.29 is 28.4 Å². The van der Waals surface area contributed by atoms with E-state index in [1.165, 1.54) is 11.1 Å². The minimum atomic E-state index is -0.436. The van der Waals surface area contributed by atoms with Crippen LogP contribution in [0.2, 0.25) is 0 Å². The molecule has 2 aliphatic rings. The van der Waals surface area contributed by atoms with Crippen molar-refractivity contribution in [2.45, 2.75) is 50.5 Å². The monoisotopic (exact) mass is 520 g/mol. The first kappa shape index (κ1) is 26.7. The van der Waals surface area contributed by atoms with E-state index in [4.69, 9.17) is 33.4 Å². The van der Waals surface area contributed by atoms with Crippen molar-refractivity contribution in [1.82, 2.24) is 9.97 Å². The average molecular weight is 521 g/mol. The number of benzene rings is 2. The zero-order valence-corrected chi connectivity index (χ0v) is 22.6. The van der Waals surface area contributed by atoms with E-state index in [0.29, 0.717) is 12.4 Å². The Labute approximate surface area is 224 Å². The maximum absolute atomic E-state index is 6.56. The second kappa shape index (κ2) is 11.9. The van der Waals surface area contributed by atoms with Gasteiger partial charge in [-0.05, 0) is 67.3 Å². The highest BCUT2D eigenvalue weighted by Gasteiger charge is 2.46. The summed E-state index contributed by atoms with van der Waals surface area (Å²) in [5.41, 5.74) is 5.44. The van der Waals surface area contributed by atoms with Crippen molar-refractivity contribution in [3.63, 3.8) is 0 Å². The van der Waals surface area contributed by atoms with Crippen LogP contribution in [0.1, 0.15) is 18.1 Å². The van der Waals surface area contributed by atoms with Gasteiger partial charge in [-0.3, -0.25) is 0 Å². The smallest absolute Gasteiger partial charge is 0.166 e. The van der Waals surface area contributed by atoms with Gasteiger partial charge in [0, 0.05) is 38.7 Å². The van der Waals surface area contributed by atoms with Crippen LogP contribution in [0.5, 0.6) is 5.75 Å². The number of methoxy groups -OCH3 is 4. The zero-order chi connectivity index (χ0) is 26.6. The van der Waals surface area contributed by atoms with Gasteiger partial charge in [0.05, 0.1) is 43.6 Å². The van der Waals surface area contributed by atoms with Crippen LogP contribution < -0.4 is 4.74 Å². The van der Waals surface area contributed by atoms with Gasteiger partial charge in [-0.15, -0.1) is 0 Å². The summed E-state index contributed by atoms with van der Waals surface area (Å²) in [7, 11) is 6.73. The molecule has 1 aromatic heterocycles. The molecule has 0 radical (unpaired) electrons. The zero-order valence-electron chi connectivity index (χ0n) is 22.6. The Bertz CT molecular complexity index is 1220. The van der Waals surface area contributed by atoms with Gasteiger partial charge in [0.25, 0.3) is 0 Å². The van der Waals surface area contributed by atoms with Crippen LogP contribution in [-0.2, 0) is 36.5 Å². The Morgan fingerprint density at radius 3 is 2.32 bits per heavy atom. The average Bonchev–Trinajstić information content (AvgIpc) is 3.36.